The molecule has 11 nitrogen and oxygen atoms in total. The summed E-state index contributed by atoms with van der Waals surface area (Å²) < 4.78 is 17.6. The molecule has 0 saturated heterocycles. The highest BCUT2D eigenvalue weighted by atomic mass is 16.5. The highest BCUT2D eigenvalue weighted by Gasteiger charge is 2.37. The summed E-state index contributed by atoms with van der Waals surface area (Å²) in [5.41, 5.74) is 3.21. The molecule has 3 aromatic rings. The monoisotopic (exact) mass is 493 g/mol. The molecule has 36 heavy (non-hydrogen) atoms. The highest BCUT2D eigenvalue weighted by Crippen LogP contribution is 2.41. The normalized spacial score (nSPS) is 14.1. The predicted octanol–water partition coefficient (Wildman–Crippen LogP) is 3.19. The number of rotatable bonds is 9. The van der Waals surface area contributed by atoms with E-state index in [1.807, 2.05) is 6.07 Å². The Kier molecular flexibility index (Phi) is 7.20. The lowest BCUT2D eigenvalue weighted by molar-refractivity contribution is -0.123. The van der Waals surface area contributed by atoms with Crippen LogP contribution in [-0.4, -0.2) is 48.8 Å². The van der Waals surface area contributed by atoms with Crippen molar-refractivity contribution in [3.63, 3.8) is 0 Å². The van der Waals surface area contributed by atoms with Gasteiger partial charge in [-0.1, -0.05) is 6.07 Å². The molecule has 0 fully saturated rings. The number of aromatic nitrogens is 2. The van der Waals surface area contributed by atoms with Crippen molar-refractivity contribution in [3.05, 3.63) is 48.2 Å². The van der Waals surface area contributed by atoms with Gasteiger partial charge in [0, 0.05) is 25.4 Å². The van der Waals surface area contributed by atoms with Gasteiger partial charge in [-0.15, -0.1) is 0 Å². The summed E-state index contributed by atoms with van der Waals surface area (Å²) in [4.78, 5) is 36.8. The Bertz CT molecular complexity index is 1300. The van der Waals surface area contributed by atoms with Crippen LogP contribution < -0.4 is 25.4 Å². The second kappa shape index (κ2) is 10.5. The van der Waals surface area contributed by atoms with Gasteiger partial charge in [0.05, 0.1) is 38.5 Å². The van der Waals surface area contributed by atoms with Crippen molar-refractivity contribution in [3.8, 4) is 22.6 Å². The van der Waals surface area contributed by atoms with E-state index in [4.69, 9.17) is 14.2 Å². The maximum atomic E-state index is 12.8. The van der Waals surface area contributed by atoms with E-state index in [-0.39, 0.29) is 30.7 Å². The number of nitrogens with one attached hydrogen (secondary N) is 3. The number of methoxy groups -OCH3 is 3. The van der Waals surface area contributed by atoms with E-state index in [2.05, 4.69) is 21.0 Å². The number of nitrogens with zero attached hydrogens (tertiary/aromatic N) is 2. The van der Waals surface area contributed by atoms with Crippen molar-refractivity contribution >= 4 is 34.9 Å². The van der Waals surface area contributed by atoms with Crippen LogP contribution in [0.1, 0.15) is 25.1 Å². The fourth-order valence-corrected chi connectivity index (χ4v) is 4.08. The second-order valence-electron chi connectivity index (χ2n) is 8.13. The third-order valence-corrected chi connectivity index (χ3v) is 5.64. The number of ether oxygens (including phenoxy) is 3. The Balaban J connectivity index is 1.58. The van der Waals surface area contributed by atoms with Crippen LogP contribution in [-0.2, 0) is 25.7 Å². The smallest absolute Gasteiger partial charge is 0.251 e. The van der Waals surface area contributed by atoms with E-state index >= 15 is 0 Å². The molecule has 0 radical (unpaired) electrons. The van der Waals surface area contributed by atoms with Gasteiger partial charge >= 0.3 is 0 Å². The van der Waals surface area contributed by atoms with Crippen LogP contribution >= 0.6 is 0 Å². The first-order valence-corrected chi connectivity index (χ1v) is 11.2. The Labute approximate surface area is 207 Å². The van der Waals surface area contributed by atoms with Gasteiger partial charge < -0.3 is 30.2 Å². The van der Waals surface area contributed by atoms with Gasteiger partial charge in [-0.2, -0.15) is 5.10 Å². The Morgan fingerprint density at radius 1 is 1.00 bits per heavy atom. The number of hydrogen-bond donors (Lipinski definition) is 3. The fraction of sp³-hybridized carbons (Fsp3) is 0.280. The van der Waals surface area contributed by atoms with Crippen LogP contribution in [0.4, 0.5) is 17.2 Å². The molecule has 188 valence electrons. The number of amides is 3. The largest absolute Gasteiger partial charge is 0.493 e. The summed E-state index contributed by atoms with van der Waals surface area (Å²) in [6.45, 7) is 1.62. The molecule has 2 heterocycles. The van der Waals surface area contributed by atoms with Crippen molar-refractivity contribution in [2.75, 3.05) is 37.3 Å². The molecular weight excluding hydrogens is 466 g/mol. The van der Waals surface area contributed by atoms with Gasteiger partial charge in [-0.25, -0.2) is 4.68 Å². The number of hydrogen-bond acceptors (Lipinski definition) is 7. The van der Waals surface area contributed by atoms with Crippen LogP contribution in [0, 0.1) is 0 Å². The van der Waals surface area contributed by atoms with Crippen LogP contribution in [0.15, 0.2) is 42.5 Å². The quantitative estimate of drug-likeness (QED) is 0.417. The first-order valence-electron chi connectivity index (χ1n) is 11.2. The zero-order valence-corrected chi connectivity index (χ0v) is 20.4. The van der Waals surface area contributed by atoms with Crippen LogP contribution in [0.2, 0.25) is 0 Å². The molecule has 0 spiro atoms. The SMILES string of the molecule is COCc1nn2c(c1-c1ccc(OC)c(OC)c1)NC(=O)C2CC(=O)Nc1ccc(NC(C)=O)cc1. The third-order valence-electron chi connectivity index (χ3n) is 5.64. The minimum atomic E-state index is -0.830. The summed E-state index contributed by atoms with van der Waals surface area (Å²) in [5, 5.41) is 12.9. The number of carbonyl (C=O) groups excluding carboxylic acids is 3. The van der Waals surface area contributed by atoms with Crippen molar-refractivity contribution in [2.45, 2.75) is 26.0 Å². The topological polar surface area (TPSA) is 133 Å². The van der Waals surface area contributed by atoms with Gasteiger partial charge in [0.1, 0.15) is 11.9 Å². The van der Waals surface area contributed by atoms with E-state index in [0.29, 0.717) is 39.9 Å². The van der Waals surface area contributed by atoms with Crippen molar-refractivity contribution in [1.29, 1.82) is 0 Å². The second-order valence-corrected chi connectivity index (χ2v) is 8.13. The van der Waals surface area contributed by atoms with Crippen molar-refractivity contribution < 1.29 is 28.6 Å². The van der Waals surface area contributed by atoms with Crippen LogP contribution in [0.5, 0.6) is 11.5 Å². The minimum Gasteiger partial charge on any atom is -0.493 e. The zero-order valence-electron chi connectivity index (χ0n) is 20.4. The summed E-state index contributed by atoms with van der Waals surface area (Å²) in [6.07, 6.45) is -0.119. The van der Waals surface area contributed by atoms with E-state index in [9.17, 15) is 14.4 Å². The molecule has 0 saturated carbocycles. The molecule has 0 bridgehead atoms. The first-order chi connectivity index (χ1) is 17.3. The fourth-order valence-electron chi connectivity index (χ4n) is 4.08. The van der Waals surface area contributed by atoms with Crippen molar-refractivity contribution in [1.82, 2.24) is 9.78 Å². The molecule has 1 atom stereocenters. The minimum absolute atomic E-state index is 0.119. The standard InChI is InChI=1S/C25H27N5O6/c1-14(31)26-16-6-8-17(9-7-16)27-22(32)12-19-25(33)28-24-23(18(13-34-2)29-30(19)24)15-5-10-20(35-3)21(11-15)36-4/h5-11,19H,12-13H2,1-4H3,(H,26,31)(H,27,32)(H,28,33). The van der Waals surface area contributed by atoms with Gasteiger partial charge in [0.25, 0.3) is 5.91 Å². The van der Waals surface area contributed by atoms with Crippen LogP contribution in [0.25, 0.3) is 11.1 Å². The molecule has 1 aromatic heterocycles. The molecule has 2 aromatic carbocycles. The molecule has 1 aliphatic rings. The molecule has 1 aliphatic heterocycles. The van der Waals surface area contributed by atoms with Crippen LogP contribution in [0.3, 0.4) is 0 Å². The van der Waals surface area contributed by atoms with Crippen molar-refractivity contribution in [2.24, 2.45) is 0 Å². The lowest BCUT2D eigenvalue weighted by Gasteiger charge is -2.11. The lowest BCUT2D eigenvalue weighted by Crippen LogP contribution is -2.24. The number of anilines is 3. The average molecular weight is 494 g/mol. The Morgan fingerprint density at radius 3 is 2.28 bits per heavy atom. The maximum Gasteiger partial charge on any atom is 0.251 e. The molecule has 3 amide bonds. The molecule has 1 unspecified atom stereocenters. The summed E-state index contributed by atoms with van der Waals surface area (Å²) >= 11 is 0. The zero-order chi connectivity index (χ0) is 25.8. The number of benzene rings is 2. The average Bonchev–Trinajstić information content (AvgIpc) is 3.34. The predicted molar refractivity (Wildman–Crippen MR) is 133 cm³/mol. The van der Waals surface area contributed by atoms with Gasteiger partial charge in [-0.05, 0) is 42.0 Å². The third kappa shape index (κ3) is 5.01. The van der Waals surface area contributed by atoms with E-state index < -0.39 is 6.04 Å². The van der Waals surface area contributed by atoms with Gasteiger partial charge in [-0.3, -0.25) is 14.4 Å². The molecule has 11 heteroatoms. The number of fused-ring (bicyclic) bond motifs is 1. The van der Waals surface area contributed by atoms with E-state index in [1.54, 1.807) is 57.7 Å². The highest BCUT2D eigenvalue weighted by molar-refractivity contribution is 6.04. The summed E-state index contributed by atoms with van der Waals surface area (Å²) in [6, 6.07) is 11.3. The molecule has 3 N–H and O–H groups in total. The Hall–Kier alpha value is -4.38. The lowest BCUT2D eigenvalue weighted by atomic mass is 10.0. The summed E-state index contributed by atoms with van der Waals surface area (Å²) in [7, 11) is 4.66. The molecule has 0 aliphatic carbocycles. The first kappa shape index (κ1) is 24.7. The van der Waals surface area contributed by atoms with E-state index in [1.165, 1.54) is 11.6 Å². The van der Waals surface area contributed by atoms with Gasteiger partial charge in [0.2, 0.25) is 11.8 Å². The number of carbonyl (C=O) groups is 3. The maximum absolute atomic E-state index is 12.8. The summed E-state index contributed by atoms with van der Waals surface area (Å²) in [5.74, 6) is 0.710. The molecular formula is C25H27N5O6. The van der Waals surface area contributed by atoms with E-state index in [0.717, 1.165) is 5.56 Å². The Morgan fingerprint density at radius 2 is 1.67 bits per heavy atom. The molecule has 4 rings (SSSR count). The van der Waals surface area contributed by atoms with Gasteiger partial charge in [0.15, 0.2) is 11.5 Å².